The summed E-state index contributed by atoms with van der Waals surface area (Å²) < 4.78 is 81.4. The number of aromatic nitrogens is 3. The summed E-state index contributed by atoms with van der Waals surface area (Å²) in [5.41, 5.74) is 2.73. The fourth-order valence-electron chi connectivity index (χ4n) is 3.71. The Labute approximate surface area is 223 Å². The van der Waals surface area contributed by atoms with Crippen molar-refractivity contribution in [3.05, 3.63) is 50.1 Å². The number of pyridine rings is 1. The number of hydrogen-bond acceptors (Lipinski definition) is 6. The highest BCUT2D eigenvalue weighted by molar-refractivity contribution is 7.21. The van der Waals surface area contributed by atoms with Gasteiger partial charge in [-0.1, -0.05) is 11.6 Å². The minimum atomic E-state index is -3.34. The number of halogens is 7. The Balaban J connectivity index is 1.87. The van der Waals surface area contributed by atoms with Crippen molar-refractivity contribution in [3.63, 3.8) is 0 Å². The number of amides is 2. The molecule has 0 saturated heterocycles. The molecule has 0 aromatic carbocycles. The van der Waals surface area contributed by atoms with Gasteiger partial charge in [-0.15, -0.1) is 22.7 Å². The SMILES string of the molecule is Cc1ccc(-c2cc(C(F)F)nc3sc(C(N)=O)c(NC(=O)C(C)n4nc(C(F)F)c(Cl)c4C(F)F)c23)s1. The standard InChI is InChI=1S/C22H16ClF6N5O2S2/c1-6-3-4-10(37-6)8-5-9(17(24)25)31-22-11(8)13(16(38-22)20(30)35)32-21(36)7(2)34-15(19(28)29)12(23)14(33-34)18(26)27/h3-5,7,17-19H,1-2H3,(H2,30,35)(H,32,36). The molecule has 1 unspecified atom stereocenters. The molecule has 0 saturated carbocycles. The van der Waals surface area contributed by atoms with E-state index in [1.54, 1.807) is 19.1 Å². The fourth-order valence-corrected chi connectivity index (χ4v) is 5.90. The minimum Gasteiger partial charge on any atom is -0.365 e. The summed E-state index contributed by atoms with van der Waals surface area (Å²) in [5, 5.41) is 4.97. The molecule has 1 atom stereocenters. The number of rotatable bonds is 8. The Morgan fingerprint density at radius 2 is 1.76 bits per heavy atom. The monoisotopic (exact) mass is 595 g/mol. The van der Waals surface area contributed by atoms with Crippen molar-refractivity contribution in [3.8, 4) is 10.4 Å². The van der Waals surface area contributed by atoms with E-state index in [4.69, 9.17) is 17.3 Å². The Morgan fingerprint density at radius 3 is 2.29 bits per heavy atom. The first kappa shape index (κ1) is 27.9. The third-order valence-corrected chi connectivity index (χ3v) is 7.97. The maximum absolute atomic E-state index is 13.6. The molecule has 2 amide bonds. The Morgan fingerprint density at radius 1 is 1.08 bits per heavy atom. The molecule has 0 aliphatic rings. The van der Waals surface area contributed by atoms with Crippen LogP contribution in [0.25, 0.3) is 20.7 Å². The van der Waals surface area contributed by atoms with Gasteiger partial charge in [0, 0.05) is 20.7 Å². The van der Waals surface area contributed by atoms with Crippen LogP contribution in [-0.2, 0) is 4.79 Å². The van der Waals surface area contributed by atoms with Gasteiger partial charge in [0.05, 0.1) is 10.7 Å². The summed E-state index contributed by atoms with van der Waals surface area (Å²) in [7, 11) is 0. The molecule has 4 aromatic heterocycles. The lowest BCUT2D eigenvalue weighted by Crippen LogP contribution is -2.27. The van der Waals surface area contributed by atoms with E-state index in [-0.39, 0.29) is 26.3 Å². The highest BCUT2D eigenvalue weighted by Gasteiger charge is 2.33. The maximum atomic E-state index is 13.6. The molecule has 7 nitrogen and oxygen atoms in total. The molecular formula is C22H16ClF6N5O2S2. The zero-order valence-corrected chi connectivity index (χ0v) is 21.6. The number of nitrogens with one attached hydrogen (secondary N) is 1. The van der Waals surface area contributed by atoms with Gasteiger partial charge < -0.3 is 11.1 Å². The largest absolute Gasteiger partial charge is 0.365 e. The zero-order chi connectivity index (χ0) is 28.0. The van der Waals surface area contributed by atoms with Crippen molar-refractivity contribution >= 4 is 62.0 Å². The van der Waals surface area contributed by atoms with E-state index in [2.05, 4.69) is 15.4 Å². The summed E-state index contributed by atoms with van der Waals surface area (Å²) >= 11 is 7.60. The number of nitrogens with two attached hydrogens (primary N) is 1. The Bertz CT molecular complexity index is 1550. The number of hydrogen-bond donors (Lipinski definition) is 2. The van der Waals surface area contributed by atoms with Crippen LogP contribution in [0.2, 0.25) is 5.02 Å². The van der Waals surface area contributed by atoms with Gasteiger partial charge in [-0.25, -0.2) is 36.0 Å². The molecular weight excluding hydrogens is 580 g/mol. The Kier molecular flexibility index (Phi) is 7.72. The van der Waals surface area contributed by atoms with Gasteiger partial charge in [0.25, 0.3) is 25.2 Å². The fraction of sp³-hybridized carbons (Fsp3) is 0.273. The number of aryl methyl sites for hydroxylation is 1. The first-order valence-electron chi connectivity index (χ1n) is 10.6. The van der Waals surface area contributed by atoms with E-state index >= 15 is 0 Å². The summed E-state index contributed by atoms with van der Waals surface area (Å²) in [4.78, 5) is 30.4. The molecule has 0 aliphatic carbocycles. The van der Waals surface area contributed by atoms with Crippen molar-refractivity contribution in [2.75, 3.05) is 5.32 Å². The van der Waals surface area contributed by atoms with Crippen LogP contribution in [-0.4, -0.2) is 26.6 Å². The number of thiophene rings is 2. The number of alkyl halides is 6. The van der Waals surface area contributed by atoms with Crippen molar-refractivity contribution in [2.24, 2.45) is 5.73 Å². The normalized spacial score (nSPS) is 12.7. The van der Waals surface area contributed by atoms with Gasteiger partial charge in [-0.2, -0.15) is 5.10 Å². The summed E-state index contributed by atoms with van der Waals surface area (Å²) in [6, 6.07) is 2.91. The third-order valence-electron chi connectivity index (χ3n) is 5.46. The highest BCUT2D eigenvalue weighted by Crippen LogP contribution is 2.44. The average molecular weight is 596 g/mol. The lowest BCUT2D eigenvalue weighted by Gasteiger charge is -2.16. The molecule has 4 heterocycles. The number of carbonyl (C=O) groups is 2. The van der Waals surface area contributed by atoms with E-state index in [9.17, 15) is 35.9 Å². The van der Waals surface area contributed by atoms with Gasteiger partial charge in [0.15, 0.2) is 0 Å². The van der Waals surface area contributed by atoms with Gasteiger partial charge in [0.1, 0.15) is 32.8 Å². The topological polar surface area (TPSA) is 103 Å². The highest BCUT2D eigenvalue weighted by atomic mass is 35.5. The molecule has 4 rings (SSSR count). The number of anilines is 1. The van der Waals surface area contributed by atoms with Gasteiger partial charge >= 0.3 is 0 Å². The molecule has 0 fully saturated rings. The minimum absolute atomic E-state index is 0.0315. The van der Waals surface area contributed by atoms with Crippen LogP contribution in [0, 0.1) is 6.92 Å². The molecule has 38 heavy (non-hydrogen) atoms. The summed E-state index contributed by atoms with van der Waals surface area (Å²) in [6.45, 7) is 2.89. The zero-order valence-electron chi connectivity index (χ0n) is 19.2. The quantitative estimate of drug-likeness (QED) is 0.209. The first-order chi connectivity index (χ1) is 17.8. The van der Waals surface area contributed by atoms with E-state index in [1.807, 2.05) is 0 Å². The number of primary amides is 1. The predicted molar refractivity (Wildman–Crippen MR) is 132 cm³/mol. The lowest BCUT2D eigenvalue weighted by molar-refractivity contribution is -0.119. The summed E-state index contributed by atoms with van der Waals surface area (Å²) in [5.74, 6) is -2.06. The molecule has 3 N–H and O–H groups in total. The second-order valence-electron chi connectivity index (χ2n) is 7.95. The van der Waals surface area contributed by atoms with Crippen LogP contribution in [0.5, 0.6) is 0 Å². The van der Waals surface area contributed by atoms with Crippen LogP contribution in [0.4, 0.5) is 32.0 Å². The molecule has 0 spiro atoms. The molecule has 0 radical (unpaired) electrons. The smallest absolute Gasteiger partial charge is 0.283 e. The first-order valence-corrected chi connectivity index (χ1v) is 12.6. The van der Waals surface area contributed by atoms with Crippen LogP contribution < -0.4 is 11.1 Å². The van der Waals surface area contributed by atoms with Crippen molar-refractivity contribution in [1.82, 2.24) is 14.8 Å². The van der Waals surface area contributed by atoms with Crippen LogP contribution in [0.15, 0.2) is 18.2 Å². The lowest BCUT2D eigenvalue weighted by atomic mass is 10.1. The number of carbonyl (C=O) groups excluding carboxylic acids is 2. The molecule has 4 aromatic rings. The number of fused-ring (bicyclic) bond motifs is 1. The summed E-state index contributed by atoms with van der Waals surface area (Å²) in [6.07, 6.45) is -9.57. The Hall–Kier alpha value is -3.17. The van der Waals surface area contributed by atoms with Crippen molar-refractivity contribution < 1.29 is 35.9 Å². The molecule has 0 bridgehead atoms. The molecule has 16 heteroatoms. The van der Waals surface area contributed by atoms with E-state index < -0.39 is 59.2 Å². The maximum Gasteiger partial charge on any atom is 0.283 e. The van der Waals surface area contributed by atoms with Crippen molar-refractivity contribution in [2.45, 2.75) is 39.2 Å². The number of nitrogens with zero attached hydrogens (tertiary/aromatic N) is 3. The van der Waals surface area contributed by atoms with Crippen LogP contribution in [0.1, 0.15) is 63.9 Å². The molecule has 202 valence electrons. The van der Waals surface area contributed by atoms with Crippen molar-refractivity contribution in [1.29, 1.82) is 0 Å². The third kappa shape index (κ3) is 4.97. The second-order valence-corrected chi connectivity index (χ2v) is 10.6. The van der Waals surface area contributed by atoms with Crippen LogP contribution >= 0.6 is 34.3 Å². The van der Waals surface area contributed by atoms with Gasteiger partial charge in [-0.05, 0) is 32.0 Å². The van der Waals surface area contributed by atoms with Gasteiger partial charge in [0.2, 0.25) is 5.91 Å². The molecule has 0 aliphatic heterocycles. The van der Waals surface area contributed by atoms with E-state index in [0.29, 0.717) is 20.9 Å². The average Bonchev–Trinajstić information content (AvgIpc) is 3.53. The van der Waals surface area contributed by atoms with E-state index in [1.165, 1.54) is 11.3 Å². The van der Waals surface area contributed by atoms with Crippen LogP contribution in [0.3, 0.4) is 0 Å². The second kappa shape index (κ2) is 10.5. The predicted octanol–water partition coefficient (Wildman–Crippen LogP) is 7.29. The van der Waals surface area contributed by atoms with E-state index in [0.717, 1.165) is 17.9 Å². The van der Waals surface area contributed by atoms with Gasteiger partial charge in [-0.3, -0.25) is 9.59 Å².